The van der Waals surface area contributed by atoms with Crippen LogP contribution in [0.3, 0.4) is 0 Å². The molecule has 0 amide bonds. The molecule has 21 heavy (non-hydrogen) atoms. The summed E-state index contributed by atoms with van der Waals surface area (Å²) in [6.07, 6.45) is 2.81. The monoisotopic (exact) mass is 290 g/mol. The molecule has 1 aromatic rings. The lowest BCUT2D eigenvalue weighted by molar-refractivity contribution is 0.0427. The molecule has 3 heteroatoms. The van der Waals surface area contributed by atoms with E-state index in [4.69, 9.17) is 5.73 Å². The number of nitrogens with zero attached hydrogens (tertiary/aromatic N) is 1. The van der Waals surface area contributed by atoms with E-state index in [1.807, 2.05) is 13.0 Å². The lowest BCUT2D eigenvalue weighted by Crippen LogP contribution is -2.41. The van der Waals surface area contributed by atoms with E-state index in [9.17, 15) is 5.11 Å². The number of hydrogen-bond acceptors (Lipinski definition) is 3. The van der Waals surface area contributed by atoms with Gasteiger partial charge < -0.3 is 15.7 Å². The van der Waals surface area contributed by atoms with Crippen molar-refractivity contribution < 1.29 is 5.11 Å². The third-order valence-electron chi connectivity index (χ3n) is 4.79. The minimum atomic E-state index is -0.500. The molecule has 1 heterocycles. The number of aliphatic hydroxyl groups is 1. The minimum absolute atomic E-state index is 0.0115. The van der Waals surface area contributed by atoms with Crippen molar-refractivity contribution >= 4 is 0 Å². The van der Waals surface area contributed by atoms with Crippen LogP contribution in [0.15, 0.2) is 30.3 Å². The van der Waals surface area contributed by atoms with Gasteiger partial charge in [-0.15, -0.1) is 0 Å². The fourth-order valence-corrected chi connectivity index (χ4v) is 3.26. The van der Waals surface area contributed by atoms with Crippen molar-refractivity contribution in [2.24, 2.45) is 11.1 Å². The van der Waals surface area contributed by atoms with Crippen LogP contribution in [0.4, 0.5) is 0 Å². The molecular formula is C18H30N2O. The second-order valence-electron chi connectivity index (χ2n) is 7.50. The summed E-state index contributed by atoms with van der Waals surface area (Å²) in [6, 6.07) is 10.4. The Morgan fingerprint density at radius 2 is 1.90 bits per heavy atom. The SMILES string of the molecule is CC1(O)CCCN(CC(C)(C)C(N)c2ccccc2)CC1. The van der Waals surface area contributed by atoms with Crippen molar-refractivity contribution in [1.29, 1.82) is 0 Å². The molecule has 1 aliphatic heterocycles. The molecule has 2 atom stereocenters. The maximum atomic E-state index is 10.2. The van der Waals surface area contributed by atoms with Crippen molar-refractivity contribution in [3.63, 3.8) is 0 Å². The van der Waals surface area contributed by atoms with Gasteiger partial charge in [0.15, 0.2) is 0 Å². The standard InChI is InChI=1S/C18H30N2O/c1-17(2,16(19)15-8-5-4-6-9-15)14-20-12-7-10-18(3,21)11-13-20/h4-6,8-9,16,21H,7,10-14,19H2,1-3H3. The van der Waals surface area contributed by atoms with Crippen LogP contribution in [0.5, 0.6) is 0 Å². The molecule has 1 aliphatic rings. The predicted octanol–water partition coefficient (Wildman–Crippen LogP) is 2.95. The average molecular weight is 290 g/mol. The smallest absolute Gasteiger partial charge is 0.0632 e. The zero-order valence-electron chi connectivity index (χ0n) is 13.7. The van der Waals surface area contributed by atoms with Crippen LogP contribution in [0.25, 0.3) is 0 Å². The van der Waals surface area contributed by atoms with Gasteiger partial charge in [-0.3, -0.25) is 0 Å². The topological polar surface area (TPSA) is 49.5 Å². The maximum absolute atomic E-state index is 10.2. The Labute approximate surface area is 129 Å². The molecule has 3 nitrogen and oxygen atoms in total. The molecule has 1 saturated heterocycles. The zero-order valence-corrected chi connectivity index (χ0v) is 13.7. The fraction of sp³-hybridized carbons (Fsp3) is 0.667. The largest absolute Gasteiger partial charge is 0.390 e. The summed E-state index contributed by atoms with van der Waals surface area (Å²) >= 11 is 0. The first-order valence-electron chi connectivity index (χ1n) is 8.05. The van der Waals surface area contributed by atoms with Crippen LogP contribution in [0.2, 0.25) is 0 Å². The molecule has 0 aliphatic carbocycles. The Kier molecular flexibility index (Phi) is 5.07. The zero-order chi connectivity index (χ0) is 15.5. The summed E-state index contributed by atoms with van der Waals surface area (Å²) in [4.78, 5) is 2.46. The first kappa shape index (κ1) is 16.5. The molecule has 0 bridgehead atoms. The number of benzene rings is 1. The molecule has 2 unspecified atom stereocenters. The second kappa shape index (κ2) is 6.47. The van der Waals surface area contributed by atoms with Crippen molar-refractivity contribution in [2.45, 2.75) is 51.7 Å². The fourth-order valence-electron chi connectivity index (χ4n) is 3.26. The molecule has 0 aromatic heterocycles. The van der Waals surface area contributed by atoms with Crippen LogP contribution in [-0.2, 0) is 0 Å². The molecule has 0 spiro atoms. The number of hydrogen-bond donors (Lipinski definition) is 2. The van der Waals surface area contributed by atoms with E-state index in [2.05, 4.69) is 43.0 Å². The third-order valence-corrected chi connectivity index (χ3v) is 4.79. The van der Waals surface area contributed by atoms with Crippen LogP contribution in [0.1, 0.15) is 51.6 Å². The second-order valence-corrected chi connectivity index (χ2v) is 7.50. The lowest BCUT2D eigenvalue weighted by Gasteiger charge is -2.37. The summed E-state index contributed by atoms with van der Waals surface area (Å²) in [5, 5.41) is 10.2. The van der Waals surface area contributed by atoms with E-state index in [1.54, 1.807) is 0 Å². The van der Waals surface area contributed by atoms with Gasteiger partial charge in [0, 0.05) is 19.1 Å². The molecule has 0 saturated carbocycles. The van der Waals surface area contributed by atoms with Gasteiger partial charge in [-0.2, -0.15) is 0 Å². The quantitative estimate of drug-likeness (QED) is 0.896. The molecule has 2 rings (SSSR count). The molecule has 0 radical (unpaired) electrons. The Bertz CT molecular complexity index is 442. The average Bonchev–Trinajstić information content (AvgIpc) is 2.60. The normalized spacial score (nSPS) is 26.3. The van der Waals surface area contributed by atoms with E-state index >= 15 is 0 Å². The van der Waals surface area contributed by atoms with Gasteiger partial charge in [-0.25, -0.2) is 0 Å². The maximum Gasteiger partial charge on any atom is 0.0632 e. The van der Waals surface area contributed by atoms with Gasteiger partial charge in [0.2, 0.25) is 0 Å². The van der Waals surface area contributed by atoms with E-state index in [0.717, 1.165) is 38.9 Å². The minimum Gasteiger partial charge on any atom is -0.390 e. The molecular weight excluding hydrogens is 260 g/mol. The molecule has 1 aromatic carbocycles. The highest BCUT2D eigenvalue weighted by Crippen LogP contribution is 2.33. The Hall–Kier alpha value is -0.900. The van der Waals surface area contributed by atoms with Crippen LogP contribution in [0, 0.1) is 5.41 Å². The van der Waals surface area contributed by atoms with Gasteiger partial charge >= 0.3 is 0 Å². The van der Waals surface area contributed by atoms with Gasteiger partial charge in [-0.1, -0.05) is 44.2 Å². The summed E-state index contributed by atoms with van der Waals surface area (Å²) in [5.74, 6) is 0. The van der Waals surface area contributed by atoms with E-state index in [1.165, 1.54) is 5.56 Å². The summed E-state index contributed by atoms with van der Waals surface area (Å²) in [7, 11) is 0. The summed E-state index contributed by atoms with van der Waals surface area (Å²) < 4.78 is 0. The van der Waals surface area contributed by atoms with E-state index in [0.29, 0.717) is 0 Å². The first-order valence-corrected chi connectivity index (χ1v) is 8.05. The predicted molar refractivity (Wildman–Crippen MR) is 88.1 cm³/mol. The van der Waals surface area contributed by atoms with Crippen molar-refractivity contribution in [1.82, 2.24) is 4.90 Å². The van der Waals surface area contributed by atoms with Crippen molar-refractivity contribution in [3.8, 4) is 0 Å². The van der Waals surface area contributed by atoms with Gasteiger partial charge in [0.25, 0.3) is 0 Å². The Morgan fingerprint density at radius 3 is 2.57 bits per heavy atom. The van der Waals surface area contributed by atoms with Crippen LogP contribution in [-0.4, -0.2) is 35.2 Å². The van der Waals surface area contributed by atoms with Crippen molar-refractivity contribution in [2.75, 3.05) is 19.6 Å². The van der Waals surface area contributed by atoms with Gasteiger partial charge in [-0.05, 0) is 43.7 Å². The van der Waals surface area contributed by atoms with Gasteiger partial charge in [0.1, 0.15) is 0 Å². The molecule has 3 N–H and O–H groups in total. The van der Waals surface area contributed by atoms with Crippen molar-refractivity contribution in [3.05, 3.63) is 35.9 Å². The molecule has 1 fully saturated rings. The van der Waals surface area contributed by atoms with Crippen LogP contribution < -0.4 is 5.73 Å². The van der Waals surface area contributed by atoms with E-state index in [-0.39, 0.29) is 11.5 Å². The summed E-state index contributed by atoms with van der Waals surface area (Å²) in [6.45, 7) is 9.43. The molecule has 118 valence electrons. The highest BCUT2D eigenvalue weighted by molar-refractivity contribution is 5.20. The summed E-state index contributed by atoms with van der Waals surface area (Å²) in [5.41, 5.74) is 7.22. The lowest BCUT2D eigenvalue weighted by atomic mass is 9.80. The van der Waals surface area contributed by atoms with Gasteiger partial charge in [0.05, 0.1) is 5.60 Å². The number of likely N-dealkylation sites (tertiary alicyclic amines) is 1. The van der Waals surface area contributed by atoms with Crippen LogP contribution >= 0.6 is 0 Å². The first-order chi connectivity index (χ1) is 9.80. The highest BCUT2D eigenvalue weighted by Gasteiger charge is 2.32. The number of nitrogens with two attached hydrogens (primary N) is 1. The number of rotatable bonds is 4. The highest BCUT2D eigenvalue weighted by atomic mass is 16.3. The Balaban J connectivity index is 2.00. The Morgan fingerprint density at radius 1 is 1.24 bits per heavy atom. The third kappa shape index (κ3) is 4.53. The van der Waals surface area contributed by atoms with E-state index < -0.39 is 5.60 Å².